The molecule has 0 aromatic rings. The van der Waals surface area contributed by atoms with Crippen LogP contribution in [-0.2, 0) is 14.3 Å². The highest BCUT2D eigenvalue weighted by Gasteiger charge is 2.29. The van der Waals surface area contributed by atoms with Gasteiger partial charge in [0.1, 0.15) is 0 Å². The van der Waals surface area contributed by atoms with Crippen LogP contribution in [0.25, 0.3) is 0 Å². The van der Waals surface area contributed by atoms with Gasteiger partial charge in [0, 0.05) is 39.3 Å². The molecule has 0 spiro atoms. The Kier molecular flexibility index (Phi) is 7.82. The SMILES string of the molecule is COCCCNC(=O)CN1CCC(C(=O)N2CCCCC2)CC1. The summed E-state index contributed by atoms with van der Waals surface area (Å²) < 4.78 is 4.96. The van der Waals surface area contributed by atoms with Crippen LogP contribution in [0.1, 0.15) is 38.5 Å². The van der Waals surface area contributed by atoms with Crippen molar-refractivity contribution in [3.63, 3.8) is 0 Å². The minimum Gasteiger partial charge on any atom is -0.385 e. The minimum atomic E-state index is 0.0712. The average molecular weight is 325 g/mol. The van der Waals surface area contributed by atoms with Crippen LogP contribution in [0.5, 0.6) is 0 Å². The van der Waals surface area contributed by atoms with Crippen molar-refractivity contribution in [3.8, 4) is 0 Å². The van der Waals surface area contributed by atoms with E-state index >= 15 is 0 Å². The Morgan fingerprint density at radius 3 is 2.43 bits per heavy atom. The van der Waals surface area contributed by atoms with E-state index in [0.717, 1.165) is 58.3 Å². The number of nitrogens with zero attached hydrogens (tertiary/aromatic N) is 2. The molecule has 0 aromatic heterocycles. The fraction of sp³-hybridized carbons (Fsp3) is 0.882. The van der Waals surface area contributed by atoms with Crippen molar-refractivity contribution in [2.24, 2.45) is 5.92 Å². The van der Waals surface area contributed by atoms with Gasteiger partial charge in [-0.1, -0.05) is 0 Å². The molecule has 132 valence electrons. The van der Waals surface area contributed by atoms with Crippen molar-refractivity contribution in [3.05, 3.63) is 0 Å². The lowest BCUT2D eigenvalue weighted by molar-refractivity contribution is -0.138. The predicted octanol–water partition coefficient (Wildman–Crippen LogP) is 0.864. The number of methoxy groups -OCH3 is 1. The number of amides is 2. The number of rotatable bonds is 7. The van der Waals surface area contributed by atoms with Crippen LogP contribution in [0.3, 0.4) is 0 Å². The Bertz CT molecular complexity index is 375. The van der Waals surface area contributed by atoms with Gasteiger partial charge < -0.3 is 15.0 Å². The highest BCUT2D eigenvalue weighted by molar-refractivity contribution is 5.79. The van der Waals surface area contributed by atoms with Crippen LogP contribution in [0.15, 0.2) is 0 Å². The van der Waals surface area contributed by atoms with Crippen molar-refractivity contribution in [1.29, 1.82) is 0 Å². The van der Waals surface area contributed by atoms with Gasteiger partial charge in [-0.3, -0.25) is 14.5 Å². The molecule has 2 rings (SSSR count). The van der Waals surface area contributed by atoms with E-state index in [1.54, 1.807) is 7.11 Å². The monoisotopic (exact) mass is 325 g/mol. The molecule has 6 nitrogen and oxygen atoms in total. The van der Waals surface area contributed by atoms with Gasteiger partial charge in [0.15, 0.2) is 0 Å². The van der Waals surface area contributed by atoms with E-state index in [1.165, 1.54) is 6.42 Å². The Morgan fingerprint density at radius 2 is 1.78 bits per heavy atom. The van der Waals surface area contributed by atoms with Gasteiger partial charge in [-0.15, -0.1) is 0 Å². The highest BCUT2D eigenvalue weighted by Crippen LogP contribution is 2.21. The van der Waals surface area contributed by atoms with Gasteiger partial charge in [-0.2, -0.15) is 0 Å². The lowest BCUT2D eigenvalue weighted by Gasteiger charge is -2.35. The molecule has 0 unspecified atom stereocenters. The second-order valence-corrected chi connectivity index (χ2v) is 6.63. The van der Waals surface area contributed by atoms with E-state index in [0.29, 0.717) is 25.6 Å². The van der Waals surface area contributed by atoms with Crippen molar-refractivity contribution in [2.75, 3.05) is 53.0 Å². The zero-order valence-corrected chi connectivity index (χ0v) is 14.4. The molecule has 23 heavy (non-hydrogen) atoms. The van der Waals surface area contributed by atoms with Crippen LogP contribution in [-0.4, -0.2) is 74.6 Å². The number of hydrogen-bond donors (Lipinski definition) is 1. The molecule has 1 N–H and O–H groups in total. The molecule has 0 aromatic carbocycles. The summed E-state index contributed by atoms with van der Waals surface area (Å²) in [6.07, 6.45) is 6.15. The number of hydrogen-bond acceptors (Lipinski definition) is 4. The summed E-state index contributed by atoms with van der Waals surface area (Å²) in [5.41, 5.74) is 0. The second-order valence-electron chi connectivity index (χ2n) is 6.63. The maximum Gasteiger partial charge on any atom is 0.234 e. The second kappa shape index (κ2) is 9.88. The summed E-state index contributed by atoms with van der Waals surface area (Å²) in [4.78, 5) is 28.6. The van der Waals surface area contributed by atoms with Gasteiger partial charge in [-0.05, 0) is 51.6 Å². The molecule has 2 saturated heterocycles. The third-order valence-electron chi connectivity index (χ3n) is 4.82. The fourth-order valence-electron chi connectivity index (χ4n) is 3.41. The van der Waals surface area contributed by atoms with Crippen LogP contribution in [0.4, 0.5) is 0 Å². The number of nitrogens with one attached hydrogen (secondary N) is 1. The number of carbonyl (C=O) groups is 2. The van der Waals surface area contributed by atoms with Crippen molar-refractivity contribution >= 4 is 11.8 Å². The van der Waals surface area contributed by atoms with E-state index in [4.69, 9.17) is 4.74 Å². The number of piperidine rings is 2. The Balaban J connectivity index is 1.63. The van der Waals surface area contributed by atoms with Crippen LogP contribution in [0, 0.1) is 5.92 Å². The fourth-order valence-corrected chi connectivity index (χ4v) is 3.41. The molecule has 6 heteroatoms. The molecule has 0 atom stereocenters. The standard InChI is InChI=1S/C17H31N3O3/c1-23-13-5-8-18-16(21)14-19-11-6-15(7-12-19)17(22)20-9-3-2-4-10-20/h15H,2-14H2,1H3,(H,18,21). The summed E-state index contributed by atoms with van der Waals surface area (Å²) in [5, 5.41) is 2.91. The molecule has 0 radical (unpaired) electrons. The smallest absolute Gasteiger partial charge is 0.234 e. The molecular weight excluding hydrogens is 294 g/mol. The molecular formula is C17H31N3O3. The van der Waals surface area contributed by atoms with E-state index in [9.17, 15) is 9.59 Å². The van der Waals surface area contributed by atoms with E-state index in [2.05, 4.69) is 10.2 Å². The van der Waals surface area contributed by atoms with Crippen LogP contribution in [0.2, 0.25) is 0 Å². The zero-order chi connectivity index (χ0) is 16.5. The number of carbonyl (C=O) groups excluding carboxylic acids is 2. The molecule has 2 amide bonds. The van der Waals surface area contributed by atoms with Gasteiger partial charge in [0.05, 0.1) is 6.54 Å². The molecule has 2 aliphatic heterocycles. The average Bonchev–Trinajstić information content (AvgIpc) is 2.59. The summed E-state index contributed by atoms with van der Waals surface area (Å²) in [6.45, 7) is 5.33. The lowest BCUT2D eigenvalue weighted by atomic mass is 9.94. The van der Waals surface area contributed by atoms with Crippen LogP contribution < -0.4 is 5.32 Å². The quantitative estimate of drug-likeness (QED) is 0.706. The van der Waals surface area contributed by atoms with Crippen molar-refractivity contribution < 1.29 is 14.3 Å². The molecule has 0 bridgehead atoms. The summed E-state index contributed by atoms with van der Waals surface area (Å²) >= 11 is 0. The van der Waals surface area contributed by atoms with E-state index in [1.807, 2.05) is 4.90 Å². The lowest BCUT2D eigenvalue weighted by Crippen LogP contribution is -2.46. The molecule has 2 aliphatic rings. The van der Waals surface area contributed by atoms with Gasteiger partial charge in [-0.25, -0.2) is 0 Å². The first-order valence-electron chi connectivity index (χ1n) is 8.97. The van der Waals surface area contributed by atoms with Crippen LogP contribution >= 0.6 is 0 Å². The van der Waals surface area contributed by atoms with E-state index in [-0.39, 0.29) is 11.8 Å². The van der Waals surface area contributed by atoms with Gasteiger partial charge >= 0.3 is 0 Å². The first-order valence-corrected chi connectivity index (χ1v) is 8.97. The highest BCUT2D eigenvalue weighted by atomic mass is 16.5. The Labute approximate surface area is 139 Å². The van der Waals surface area contributed by atoms with Crippen molar-refractivity contribution in [1.82, 2.24) is 15.1 Å². The van der Waals surface area contributed by atoms with Crippen molar-refractivity contribution in [2.45, 2.75) is 38.5 Å². The predicted molar refractivity (Wildman–Crippen MR) is 89.1 cm³/mol. The summed E-state index contributed by atoms with van der Waals surface area (Å²) in [5.74, 6) is 0.574. The van der Waals surface area contributed by atoms with E-state index < -0.39 is 0 Å². The van der Waals surface area contributed by atoms with Gasteiger partial charge in [0.2, 0.25) is 11.8 Å². The van der Waals surface area contributed by atoms with Gasteiger partial charge in [0.25, 0.3) is 0 Å². The first-order chi connectivity index (χ1) is 11.2. The Hall–Kier alpha value is -1.14. The molecule has 2 fully saturated rings. The first kappa shape index (κ1) is 18.2. The summed E-state index contributed by atoms with van der Waals surface area (Å²) in [7, 11) is 1.66. The molecule has 2 heterocycles. The Morgan fingerprint density at radius 1 is 1.09 bits per heavy atom. The zero-order valence-electron chi connectivity index (χ0n) is 14.4. The minimum absolute atomic E-state index is 0.0712. The summed E-state index contributed by atoms with van der Waals surface area (Å²) in [6, 6.07) is 0. The maximum atomic E-state index is 12.5. The molecule has 0 saturated carbocycles. The number of likely N-dealkylation sites (tertiary alicyclic amines) is 2. The third-order valence-corrected chi connectivity index (χ3v) is 4.82. The molecule has 0 aliphatic carbocycles. The number of ether oxygens (including phenoxy) is 1. The maximum absolute atomic E-state index is 12.5. The topological polar surface area (TPSA) is 61.9 Å². The normalized spacial score (nSPS) is 20.5. The third kappa shape index (κ3) is 6.11. The largest absolute Gasteiger partial charge is 0.385 e.